The Bertz CT molecular complexity index is 1230. The van der Waals surface area contributed by atoms with Gasteiger partial charge in [0.2, 0.25) is 15.9 Å². The van der Waals surface area contributed by atoms with Gasteiger partial charge in [-0.3, -0.25) is 4.79 Å². The molecule has 3 aromatic rings. The maximum atomic E-state index is 12.8. The van der Waals surface area contributed by atoms with E-state index in [-0.39, 0.29) is 5.91 Å². The van der Waals surface area contributed by atoms with Crippen molar-refractivity contribution in [2.75, 3.05) is 39.0 Å². The van der Waals surface area contributed by atoms with E-state index in [0.717, 1.165) is 54.5 Å². The van der Waals surface area contributed by atoms with E-state index in [2.05, 4.69) is 41.1 Å². The molecule has 1 aromatic heterocycles. The Morgan fingerprint density at radius 3 is 2.44 bits per heavy atom. The molecule has 8 heteroatoms. The van der Waals surface area contributed by atoms with Crippen molar-refractivity contribution < 1.29 is 13.2 Å². The number of nitrogens with zero attached hydrogens (tertiary/aromatic N) is 3. The molecule has 0 spiro atoms. The molecule has 4 rings (SSSR count). The summed E-state index contributed by atoms with van der Waals surface area (Å²) in [6.07, 6.45) is 5.89. The van der Waals surface area contributed by atoms with Crippen molar-refractivity contribution >= 4 is 32.5 Å². The number of aromatic nitrogens is 1. The first-order valence-electron chi connectivity index (χ1n) is 12.0. The summed E-state index contributed by atoms with van der Waals surface area (Å²) in [5, 5.41) is 4.08. The van der Waals surface area contributed by atoms with Crippen molar-refractivity contribution in [1.82, 2.24) is 13.8 Å². The topological polar surface area (TPSA) is 74.6 Å². The third-order valence-electron chi connectivity index (χ3n) is 6.36. The highest BCUT2D eigenvalue weighted by molar-refractivity contribution is 7.89. The third-order valence-corrected chi connectivity index (χ3v) is 8.27. The van der Waals surface area contributed by atoms with Crippen LogP contribution in [0.5, 0.6) is 0 Å². The molecule has 0 saturated carbocycles. The molecule has 0 radical (unpaired) electrons. The number of likely N-dealkylation sites (N-methyl/N-ethyl adjacent to an activating group) is 1. The fourth-order valence-electron chi connectivity index (χ4n) is 4.34. The molecular formula is C26H34N4O3S. The van der Waals surface area contributed by atoms with Crippen LogP contribution in [0.15, 0.2) is 59.6 Å². The zero-order valence-corrected chi connectivity index (χ0v) is 20.9. The Hall–Kier alpha value is -2.68. The van der Waals surface area contributed by atoms with Gasteiger partial charge in [-0.15, -0.1) is 0 Å². The molecule has 2 heterocycles. The quantitative estimate of drug-likeness (QED) is 0.501. The summed E-state index contributed by atoms with van der Waals surface area (Å²) in [5.74, 6) is -0.0589. The van der Waals surface area contributed by atoms with Crippen LogP contribution in [0.2, 0.25) is 0 Å². The summed E-state index contributed by atoms with van der Waals surface area (Å²) in [6, 6.07) is 15.0. The lowest BCUT2D eigenvalue weighted by atomic mass is 10.1. The number of benzene rings is 2. The summed E-state index contributed by atoms with van der Waals surface area (Å²) >= 11 is 0. The first-order chi connectivity index (χ1) is 16.3. The van der Waals surface area contributed by atoms with Gasteiger partial charge in [0.15, 0.2) is 0 Å². The van der Waals surface area contributed by atoms with E-state index in [1.165, 1.54) is 0 Å². The van der Waals surface area contributed by atoms with Gasteiger partial charge in [0.05, 0.1) is 4.90 Å². The molecule has 7 nitrogen and oxygen atoms in total. The van der Waals surface area contributed by atoms with Crippen molar-refractivity contribution in [1.29, 1.82) is 0 Å². The van der Waals surface area contributed by atoms with Gasteiger partial charge in [-0.2, -0.15) is 4.31 Å². The van der Waals surface area contributed by atoms with E-state index in [0.29, 0.717) is 30.8 Å². The van der Waals surface area contributed by atoms with Crippen LogP contribution in [0.25, 0.3) is 10.9 Å². The third kappa shape index (κ3) is 5.87. The average molecular weight is 483 g/mol. The van der Waals surface area contributed by atoms with Crippen LogP contribution in [0.1, 0.15) is 31.2 Å². The van der Waals surface area contributed by atoms with Crippen LogP contribution in [0.4, 0.5) is 5.69 Å². The van der Waals surface area contributed by atoms with Gasteiger partial charge < -0.3 is 14.8 Å². The number of piperidine rings is 1. The van der Waals surface area contributed by atoms with Crippen molar-refractivity contribution in [3.05, 3.63) is 60.3 Å². The summed E-state index contributed by atoms with van der Waals surface area (Å²) in [5.41, 5.74) is 2.88. The van der Waals surface area contributed by atoms with Gasteiger partial charge in [-0.05, 0) is 75.3 Å². The standard InChI is InChI=1S/C26H34N4O3S/c1-28(2)18-19-29-17-14-22-20-23(9-12-25(22)29)27-26(31)13-8-21-6-10-24(11-7-21)34(32,33)30-15-4-3-5-16-30/h6-7,9-12,14,17,20H,3-5,8,13,15-16,18-19H2,1-2H3,(H,27,31). The zero-order valence-electron chi connectivity index (χ0n) is 20.0. The fraction of sp³-hybridized carbons (Fsp3) is 0.423. The molecule has 0 aliphatic carbocycles. The van der Waals surface area contributed by atoms with E-state index >= 15 is 0 Å². The molecule has 0 atom stereocenters. The molecule has 0 bridgehead atoms. The molecule has 2 aromatic carbocycles. The van der Waals surface area contributed by atoms with Gasteiger partial charge in [-0.25, -0.2) is 8.42 Å². The molecule has 1 amide bonds. The van der Waals surface area contributed by atoms with Crippen LogP contribution in [0.3, 0.4) is 0 Å². The summed E-state index contributed by atoms with van der Waals surface area (Å²) in [7, 11) is 0.696. The lowest BCUT2D eigenvalue weighted by molar-refractivity contribution is -0.116. The number of hydrogen-bond acceptors (Lipinski definition) is 4. The Morgan fingerprint density at radius 1 is 1.00 bits per heavy atom. The number of sulfonamides is 1. The molecule has 34 heavy (non-hydrogen) atoms. The van der Waals surface area contributed by atoms with Crippen molar-refractivity contribution in [3.8, 4) is 0 Å². The molecule has 1 N–H and O–H groups in total. The minimum atomic E-state index is -3.43. The molecule has 1 saturated heterocycles. The van der Waals surface area contributed by atoms with E-state index in [4.69, 9.17) is 0 Å². The van der Waals surface area contributed by atoms with Crippen LogP contribution >= 0.6 is 0 Å². The lowest BCUT2D eigenvalue weighted by Gasteiger charge is -2.25. The Balaban J connectivity index is 1.32. The second-order valence-corrected chi connectivity index (χ2v) is 11.2. The van der Waals surface area contributed by atoms with Gasteiger partial charge in [-0.1, -0.05) is 18.6 Å². The van der Waals surface area contributed by atoms with Crippen molar-refractivity contribution in [3.63, 3.8) is 0 Å². The van der Waals surface area contributed by atoms with Gasteiger partial charge in [0.25, 0.3) is 0 Å². The fourth-order valence-corrected chi connectivity index (χ4v) is 5.86. The Morgan fingerprint density at radius 2 is 1.74 bits per heavy atom. The first kappa shape index (κ1) is 24.4. The number of anilines is 1. The Kier molecular flexibility index (Phi) is 7.70. The van der Waals surface area contributed by atoms with E-state index in [1.54, 1.807) is 16.4 Å². The predicted molar refractivity (Wildman–Crippen MR) is 136 cm³/mol. The van der Waals surface area contributed by atoms with Crippen molar-refractivity contribution in [2.24, 2.45) is 0 Å². The van der Waals surface area contributed by atoms with E-state index in [9.17, 15) is 13.2 Å². The number of rotatable bonds is 9. The number of carbonyl (C=O) groups excluding carboxylic acids is 1. The highest BCUT2D eigenvalue weighted by Crippen LogP contribution is 2.22. The lowest BCUT2D eigenvalue weighted by Crippen LogP contribution is -2.35. The van der Waals surface area contributed by atoms with Crippen LogP contribution < -0.4 is 5.32 Å². The van der Waals surface area contributed by atoms with Crippen molar-refractivity contribution in [2.45, 2.75) is 43.5 Å². The smallest absolute Gasteiger partial charge is 0.243 e. The number of carbonyl (C=O) groups is 1. The van der Waals surface area contributed by atoms with Gasteiger partial charge >= 0.3 is 0 Å². The highest BCUT2D eigenvalue weighted by atomic mass is 32.2. The molecule has 0 unspecified atom stereocenters. The van der Waals surface area contributed by atoms with Gasteiger partial charge in [0, 0.05) is 55.4 Å². The first-order valence-corrected chi connectivity index (χ1v) is 13.4. The number of fused-ring (bicyclic) bond motifs is 1. The monoisotopic (exact) mass is 482 g/mol. The zero-order chi connectivity index (χ0) is 24.1. The van der Waals surface area contributed by atoms with Gasteiger partial charge in [0.1, 0.15) is 0 Å². The van der Waals surface area contributed by atoms with Crippen LogP contribution in [0, 0.1) is 0 Å². The minimum Gasteiger partial charge on any atom is -0.346 e. The predicted octanol–water partition coefficient (Wildman–Crippen LogP) is 3.95. The maximum absolute atomic E-state index is 12.8. The average Bonchev–Trinajstić information content (AvgIpc) is 3.24. The highest BCUT2D eigenvalue weighted by Gasteiger charge is 2.25. The number of aryl methyl sites for hydroxylation is 1. The molecule has 1 fully saturated rings. The molecule has 1 aliphatic rings. The SMILES string of the molecule is CN(C)CCn1ccc2cc(NC(=O)CCc3ccc(S(=O)(=O)N4CCCCC4)cc3)ccc21. The molecular weight excluding hydrogens is 448 g/mol. The van der Waals surface area contributed by atoms with E-state index in [1.807, 2.05) is 30.3 Å². The molecule has 1 aliphatic heterocycles. The minimum absolute atomic E-state index is 0.0589. The largest absolute Gasteiger partial charge is 0.346 e. The van der Waals surface area contributed by atoms with Crippen LogP contribution in [-0.2, 0) is 27.8 Å². The number of amides is 1. The number of hydrogen-bond donors (Lipinski definition) is 1. The summed E-state index contributed by atoms with van der Waals surface area (Å²) < 4.78 is 29.4. The summed E-state index contributed by atoms with van der Waals surface area (Å²) in [4.78, 5) is 15.0. The molecule has 182 valence electrons. The second kappa shape index (κ2) is 10.7. The summed E-state index contributed by atoms with van der Waals surface area (Å²) in [6.45, 7) is 3.07. The normalized spacial score (nSPS) is 15.1. The van der Waals surface area contributed by atoms with Crippen LogP contribution in [-0.4, -0.2) is 61.8 Å². The Labute approximate surface area is 202 Å². The maximum Gasteiger partial charge on any atom is 0.243 e. The second-order valence-electron chi connectivity index (χ2n) is 9.24. The number of nitrogens with one attached hydrogen (secondary N) is 1. The van der Waals surface area contributed by atoms with E-state index < -0.39 is 10.0 Å².